The van der Waals surface area contributed by atoms with Crippen molar-refractivity contribution in [3.05, 3.63) is 150 Å². The van der Waals surface area contributed by atoms with Gasteiger partial charge in [-0.05, 0) is 69.5 Å². The molecule has 0 saturated heterocycles. The molecule has 2 unspecified atom stereocenters. The Labute approximate surface area is 251 Å². The van der Waals surface area contributed by atoms with Gasteiger partial charge in [0.05, 0.1) is 22.1 Å². The number of hydrogen-bond acceptors (Lipinski definition) is 1. The zero-order valence-electron chi connectivity index (χ0n) is 24.1. The summed E-state index contributed by atoms with van der Waals surface area (Å²) in [6.07, 6.45) is 2.53. The highest BCUT2D eigenvalue weighted by Gasteiger charge is 2.53. The van der Waals surface area contributed by atoms with Crippen molar-refractivity contribution in [2.75, 3.05) is 12.0 Å². The largest absolute Gasteiger partial charge is 0.456 e. The molecule has 0 N–H and O–H groups in total. The first-order chi connectivity index (χ1) is 21.2. The molecule has 4 heterocycles. The van der Waals surface area contributed by atoms with Crippen LogP contribution in [0.25, 0.3) is 49.4 Å². The Morgan fingerprint density at radius 2 is 1.30 bits per heavy atom. The standard InChI is InChI=1S/C40H29NOS/c1-3-43(2)36-22-11-7-17-29(36)40(31-23-24-35-37(39(31)43)27-14-5-10-21-34(27)42-35)28-16-6-9-20-33(28)41-32-19-8-4-13-25(32)26-15-12-18-30(40)38(26)41/h4-24H,3H2,1-2H3. The minimum absolute atomic E-state index is 0.472. The van der Waals surface area contributed by atoms with E-state index in [1.165, 1.54) is 70.3 Å². The highest BCUT2D eigenvalue weighted by atomic mass is 32.3. The zero-order valence-corrected chi connectivity index (χ0v) is 24.9. The summed E-state index contributed by atoms with van der Waals surface area (Å²) < 4.78 is 9.08. The molecule has 8 aromatic rings. The van der Waals surface area contributed by atoms with E-state index < -0.39 is 15.4 Å². The number of fused-ring (bicyclic) bond motifs is 15. The first-order valence-electron chi connectivity index (χ1n) is 15.1. The fourth-order valence-corrected chi connectivity index (χ4v) is 11.8. The lowest BCUT2D eigenvalue weighted by molar-refractivity contribution is 0.663. The summed E-state index contributed by atoms with van der Waals surface area (Å²) in [4.78, 5) is 2.96. The van der Waals surface area contributed by atoms with E-state index >= 15 is 0 Å². The molecule has 2 aromatic heterocycles. The maximum atomic E-state index is 6.55. The van der Waals surface area contributed by atoms with Gasteiger partial charge in [-0.3, -0.25) is 0 Å². The minimum atomic E-state index is -1.40. The lowest BCUT2D eigenvalue weighted by atomic mass is 9.62. The third-order valence-corrected chi connectivity index (χ3v) is 14.2. The van der Waals surface area contributed by atoms with Crippen LogP contribution in [0.1, 0.15) is 29.2 Å². The van der Waals surface area contributed by atoms with Crippen LogP contribution in [-0.2, 0) is 5.41 Å². The lowest BCUT2D eigenvalue weighted by Gasteiger charge is -2.53. The SMILES string of the molecule is CCS1(C)c2ccccc2C2(c3ccccc3-n3c4ccccc4c4cccc2c43)c2ccc3oc4ccccc4c3c21. The van der Waals surface area contributed by atoms with E-state index in [4.69, 9.17) is 4.42 Å². The molecule has 43 heavy (non-hydrogen) atoms. The summed E-state index contributed by atoms with van der Waals surface area (Å²) >= 11 is 0. The summed E-state index contributed by atoms with van der Waals surface area (Å²) in [5.74, 6) is 1.07. The highest BCUT2D eigenvalue weighted by molar-refractivity contribution is 8.33. The summed E-state index contributed by atoms with van der Waals surface area (Å²) in [5, 5.41) is 5.12. The molecule has 206 valence electrons. The maximum absolute atomic E-state index is 6.55. The van der Waals surface area contributed by atoms with Crippen LogP contribution >= 0.6 is 10.0 Å². The molecule has 0 bridgehead atoms. The number of nitrogens with zero attached hydrogens (tertiary/aromatic N) is 1. The van der Waals surface area contributed by atoms with Gasteiger partial charge in [0.1, 0.15) is 11.2 Å². The number of aromatic nitrogens is 1. The fraction of sp³-hybridized carbons (Fsp3) is 0.100. The van der Waals surface area contributed by atoms with Crippen molar-refractivity contribution in [3.8, 4) is 5.69 Å². The van der Waals surface area contributed by atoms with Crippen LogP contribution in [0, 0.1) is 0 Å². The minimum Gasteiger partial charge on any atom is -0.456 e. The second-order valence-corrected chi connectivity index (χ2v) is 15.7. The van der Waals surface area contributed by atoms with Crippen molar-refractivity contribution >= 4 is 53.8 Å². The summed E-state index contributed by atoms with van der Waals surface area (Å²) in [7, 11) is -1.40. The predicted octanol–water partition coefficient (Wildman–Crippen LogP) is 10.6. The van der Waals surface area contributed by atoms with Crippen molar-refractivity contribution in [1.82, 2.24) is 4.57 Å². The third kappa shape index (κ3) is 2.61. The number of hydrogen-bond donors (Lipinski definition) is 0. The monoisotopic (exact) mass is 571 g/mol. The second kappa shape index (κ2) is 8.00. The Balaban J connectivity index is 1.52. The van der Waals surface area contributed by atoms with Gasteiger partial charge in [0.25, 0.3) is 0 Å². The van der Waals surface area contributed by atoms with Crippen LogP contribution in [0.3, 0.4) is 0 Å². The molecule has 2 atom stereocenters. The first-order valence-corrected chi connectivity index (χ1v) is 17.3. The average Bonchev–Trinajstić information content (AvgIpc) is 3.61. The van der Waals surface area contributed by atoms with Crippen molar-refractivity contribution in [3.63, 3.8) is 0 Å². The number of furan rings is 1. The molecule has 2 aliphatic rings. The molecule has 3 heteroatoms. The molecular formula is C40H29NOS. The number of para-hydroxylation sites is 4. The van der Waals surface area contributed by atoms with E-state index in [9.17, 15) is 0 Å². The highest BCUT2D eigenvalue weighted by Crippen LogP contribution is 2.72. The van der Waals surface area contributed by atoms with Crippen LogP contribution in [0.5, 0.6) is 0 Å². The Kier molecular flexibility index (Phi) is 4.43. The Morgan fingerprint density at radius 1 is 0.605 bits per heavy atom. The topological polar surface area (TPSA) is 18.1 Å². The summed E-state index contributed by atoms with van der Waals surface area (Å²) in [5.41, 5.74) is 10.8. The van der Waals surface area contributed by atoms with Crippen LogP contribution in [0.4, 0.5) is 0 Å². The molecule has 2 aliphatic heterocycles. The zero-order chi connectivity index (χ0) is 28.5. The average molecular weight is 572 g/mol. The van der Waals surface area contributed by atoms with Crippen molar-refractivity contribution in [1.29, 1.82) is 0 Å². The molecule has 0 aliphatic carbocycles. The Bertz CT molecular complexity index is 2480. The van der Waals surface area contributed by atoms with Gasteiger partial charge in [0.2, 0.25) is 0 Å². The molecule has 10 rings (SSSR count). The molecule has 0 radical (unpaired) electrons. The third-order valence-electron chi connectivity index (χ3n) is 10.4. The van der Waals surface area contributed by atoms with Gasteiger partial charge in [0.15, 0.2) is 0 Å². The maximum Gasteiger partial charge on any atom is 0.136 e. The molecule has 0 fully saturated rings. The first kappa shape index (κ1) is 23.8. The molecule has 1 spiro atoms. The quantitative estimate of drug-likeness (QED) is 0.192. The number of benzene rings is 6. The van der Waals surface area contributed by atoms with Gasteiger partial charge in [-0.2, -0.15) is 10.0 Å². The molecular weight excluding hydrogens is 543 g/mol. The van der Waals surface area contributed by atoms with E-state index in [-0.39, 0.29) is 0 Å². The molecule has 0 amide bonds. The molecule has 0 saturated carbocycles. The van der Waals surface area contributed by atoms with Crippen LogP contribution in [-0.4, -0.2) is 16.6 Å². The van der Waals surface area contributed by atoms with Gasteiger partial charge in [-0.1, -0.05) is 104 Å². The van der Waals surface area contributed by atoms with E-state index in [1.54, 1.807) is 0 Å². The van der Waals surface area contributed by atoms with Gasteiger partial charge in [-0.15, -0.1) is 0 Å². The lowest BCUT2D eigenvalue weighted by Crippen LogP contribution is -2.40. The Morgan fingerprint density at radius 3 is 2.19 bits per heavy atom. The van der Waals surface area contributed by atoms with Crippen molar-refractivity contribution < 1.29 is 4.42 Å². The van der Waals surface area contributed by atoms with E-state index in [1.807, 2.05) is 0 Å². The van der Waals surface area contributed by atoms with E-state index in [2.05, 4.69) is 145 Å². The van der Waals surface area contributed by atoms with Crippen LogP contribution in [0.15, 0.2) is 142 Å². The predicted molar refractivity (Wildman–Crippen MR) is 181 cm³/mol. The smallest absolute Gasteiger partial charge is 0.136 e. The van der Waals surface area contributed by atoms with E-state index in [0.29, 0.717) is 0 Å². The van der Waals surface area contributed by atoms with Gasteiger partial charge >= 0.3 is 0 Å². The fourth-order valence-electron chi connectivity index (χ4n) is 8.56. The second-order valence-electron chi connectivity index (χ2n) is 12.1. The van der Waals surface area contributed by atoms with Gasteiger partial charge < -0.3 is 8.98 Å². The van der Waals surface area contributed by atoms with Crippen molar-refractivity contribution in [2.24, 2.45) is 0 Å². The Hall–Kier alpha value is -4.73. The number of rotatable bonds is 1. The molecule has 2 nitrogen and oxygen atoms in total. The van der Waals surface area contributed by atoms with E-state index in [0.717, 1.165) is 16.9 Å². The summed E-state index contributed by atoms with van der Waals surface area (Å²) in [6, 6.07) is 47.6. The normalized spacial score (nSPS) is 21.6. The van der Waals surface area contributed by atoms with Crippen LogP contribution < -0.4 is 0 Å². The van der Waals surface area contributed by atoms with Crippen molar-refractivity contribution in [2.45, 2.75) is 22.1 Å². The van der Waals surface area contributed by atoms with Gasteiger partial charge in [-0.25, -0.2) is 0 Å². The van der Waals surface area contributed by atoms with Crippen LogP contribution in [0.2, 0.25) is 0 Å². The molecule has 6 aromatic carbocycles. The summed E-state index contributed by atoms with van der Waals surface area (Å²) in [6.45, 7) is 2.38. The van der Waals surface area contributed by atoms with Gasteiger partial charge in [0, 0.05) is 26.4 Å².